The van der Waals surface area contributed by atoms with E-state index in [-0.39, 0.29) is 5.91 Å². The van der Waals surface area contributed by atoms with E-state index in [0.29, 0.717) is 18.9 Å². The highest BCUT2D eigenvalue weighted by molar-refractivity contribution is 5.91. The van der Waals surface area contributed by atoms with Gasteiger partial charge in [0.2, 0.25) is 0 Å². The van der Waals surface area contributed by atoms with Gasteiger partial charge >= 0.3 is 0 Å². The van der Waals surface area contributed by atoms with Gasteiger partial charge in [-0.3, -0.25) is 4.79 Å². The maximum absolute atomic E-state index is 11.6. The van der Waals surface area contributed by atoms with Gasteiger partial charge in [0, 0.05) is 13.7 Å². The van der Waals surface area contributed by atoms with Crippen molar-refractivity contribution in [3.05, 3.63) is 59.5 Å². The molecular weight excluding hydrogens is 230 g/mol. The molecule has 4 heteroatoms. The Morgan fingerprint density at radius 3 is 2.56 bits per heavy atom. The van der Waals surface area contributed by atoms with Crippen molar-refractivity contribution in [2.45, 2.75) is 13.2 Å². The Bertz CT molecular complexity index is 488. The third-order valence-electron chi connectivity index (χ3n) is 2.53. The highest BCUT2D eigenvalue weighted by Crippen LogP contribution is 2.06. The third kappa shape index (κ3) is 3.21. The van der Waals surface area contributed by atoms with Crippen LogP contribution in [0.4, 0.5) is 0 Å². The molecule has 1 heterocycles. The van der Waals surface area contributed by atoms with Gasteiger partial charge in [0.15, 0.2) is 5.76 Å². The lowest BCUT2D eigenvalue weighted by Gasteiger charge is -2.05. The van der Waals surface area contributed by atoms with E-state index in [0.717, 1.165) is 11.1 Å². The number of rotatable bonds is 5. The van der Waals surface area contributed by atoms with Gasteiger partial charge in [0.1, 0.15) is 0 Å². The molecule has 0 radical (unpaired) electrons. The van der Waals surface area contributed by atoms with Gasteiger partial charge in [-0.2, -0.15) is 0 Å². The van der Waals surface area contributed by atoms with Gasteiger partial charge in [-0.1, -0.05) is 24.3 Å². The summed E-state index contributed by atoms with van der Waals surface area (Å²) in [6.07, 6.45) is 1.48. The molecule has 4 nitrogen and oxygen atoms in total. The quantitative estimate of drug-likeness (QED) is 0.879. The van der Waals surface area contributed by atoms with E-state index in [1.54, 1.807) is 19.2 Å². The van der Waals surface area contributed by atoms with Crippen LogP contribution >= 0.6 is 0 Å². The van der Waals surface area contributed by atoms with Gasteiger partial charge in [-0.05, 0) is 23.3 Å². The second-order valence-electron chi connectivity index (χ2n) is 3.91. The molecule has 1 aromatic carbocycles. The fourth-order valence-corrected chi connectivity index (χ4v) is 1.60. The van der Waals surface area contributed by atoms with E-state index in [1.807, 2.05) is 24.3 Å². The number of methoxy groups -OCH3 is 1. The topological polar surface area (TPSA) is 51.5 Å². The molecule has 0 saturated heterocycles. The predicted molar refractivity (Wildman–Crippen MR) is 67.0 cm³/mol. The molecule has 0 unspecified atom stereocenters. The first-order valence-corrected chi connectivity index (χ1v) is 5.68. The van der Waals surface area contributed by atoms with Crippen molar-refractivity contribution in [1.29, 1.82) is 0 Å². The largest absolute Gasteiger partial charge is 0.459 e. The maximum atomic E-state index is 11.6. The minimum Gasteiger partial charge on any atom is -0.459 e. The van der Waals surface area contributed by atoms with Crippen molar-refractivity contribution in [3.63, 3.8) is 0 Å². The zero-order valence-electron chi connectivity index (χ0n) is 10.2. The molecular formula is C14H15NO3. The summed E-state index contributed by atoms with van der Waals surface area (Å²) in [6.45, 7) is 1.08. The monoisotopic (exact) mass is 245 g/mol. The Balaban J connectivity index is 1.88. The standard InChI is InChI=1S/C14H15NO3/c1-17-10-12-6-4-11(5-7-12)9-15-14(16)13-3-2-8-18-13/h2-8H,9-10H2,1H3,(H,15,16). The maximum Gasteiger partial charge on any atom is 0.287 e. The average Bonchev–Trinajstić information content (AvgIpc) is 2.92. The summed E-state index contributed by atoms with van der Waals surface area (Å²) in [4.78, 5) is 11.6. The normalized spacial score (nSPS) is 10.3. The first-order valence-electron chi connectivity index (χ1n) is 5.68. The first-order chi connectivity index (χ1) is 8.79. The number of amides is 1. The van der Waals surface area contributed by atoms with Crippen LogP contribution in [0.3, 0.4) is 0 Å². The Labute approximate surface area is 106 Å². The molecule has 2 aromatic rings. The van der Waals surface area contributed by atoms with Crippen LogP contribution in [0.15, 0.2) is 47.1 Å². The summed E-state index contributed by atoms with van der Waals surface area (Å²) in [5, 5.41) is 2.79. The summed E-state index contributed by atoms with van der Waals surface area (Å²) in [7, 11) is 1.66. The van der Waals surface area contributed by atoms with E-state index in [1.165, 1.54) is 6.26 Å². The molecule has 0 aliphatic rings. The van der Waals surface area contributed by atoms with E-state index >= 15 is 0 Å². The highest BCUT2D eigenvalue weighted by atomic mass is 16.5. The van der Waals surface area contributed by atoms with Crippen LogP contribution in [0, 0.1) is 0 Å². The Morgan fingerprint density at radius 2 is 1.94 bits per heavy atom. The number of carbonyl (C=O) groups excluding carboxylic acids is 1. The van der Waals surface area contributed by atoms with Gasteiger partial charge in [0.25, 0.3) is 5.91 Å². The van der Waals surface area contributed by atoms with E-state index in [9.17, 15) is 4.79 Å². The number of benzene rings is 1. The molecule has 0 atom stereocenters. The number of carbonyl (C=O) groups is 1. The number of hydrogen-bond donors (Lipinski definition) is 1. The second-order valence-corrected chi connectivity index (χ2v) is 3.91. The Kier molecular flexibility index (Phi) is 4.15. The summed E-state index contributed by atoms with van der Waals surface area (Å²) < 4.78 is 10.0. The van der Waals surface area contributed by atoms with E-state index in [2.05, 4.69) is 5.32 Å². The molecule has 2 rings (SSSR count). The fourth-order valence-electron chi connectivity index (χ4n) is 1.60. The molecule has 1 N–H and O–H groups in total. The summed E-state index contributed by atoms with van der Waals surface area (Å²) in [5.41, 5.74) is 2.15. The summed E-state index contributed by atoms with van der Waals surface area (Å²) >= 11 is 0. The Hall–Kier alpha value is -2.07. The van der Waals surface area contributed by atoms with Gasteiger partial charge in [-0.15, -0.1) is 0 Å². The minimum atomic E-state index is -0.207. The molecule has 0 saturated carbocycles. The van der Waals surface area contributed by atoms with Crippen molar-refractivity contribution in [2.75, 3.05) is 7.11 Å². The minimum absolute atomic E-state index is 0.207. The molecule has 0 fully saturated rings. The van der Waals surface area contributed by atoms with Gasteiger partial charge in [-0.25, -0.2) is 0 Å². The third-order valence-corrected chi connectivity index (χ3v) is 2.53. The smallest absolute Gasteiger partial charge is 0.287 e. The number of furan rings is 1. The average molecular weight is 245 g/mol. The van der Waals surface area contributed by atoms with Crippen molar-refractivity contribution >= 4 is 5.91 Å². The zero-order chi connectivity index (χ0) is 12.8. The molecule has 0 aliphatic carbocycles. The number of nitrogens with one attached hydrogen (secondary N) is 1. The van der Waals surface area contributed by atoms with Crippen LogP contribution in [0.2, 0.25) is 0 Å². The van der Waals surface area contributed by atoms with E-state index < -0.39 is 0 Å². The van der Waals surface area contributed by atoms with Crippen molar-refractivity contribution in [2.24, 2.45) is 0 Å². The SMILES string of the molecule is COCc1ccc(CNC(=O)c2ccco2)cc1. The zero-order valence-corrected chi connectivity index (χ0v) is 10.2. The van der Waals surface area contributed by atoms with Crippen LogP contribution in [0.25, 0.3) is 0 Å². The molecule has 1 aromatic heterocycles. The molecule has 1 amide bonds. The van der Waals surface area contributed by atoms with Crippen molar-refractivity contribution in [3.8, 4) is 0 Å². The number of hydrogen-bond acceptors (Lipinski definition) is 3. The predicted octanol–water partition coefficient (Wildman–Crippen LogP) is 2.36. The molecule has 0 spiro atoms. The van der Waals surface area contributed by atoms with Gasteiger partial charge < -0.3 is 14.5 Å². The van der Waals surface area contributed by atoms with Crippen LogP contribution in [0.5, 0.6) is 0 Å². The van der Waals surface area contributed by atoms with Crippen molar-refractivity contribution in [1.82, 2.24) is 5.32 Å². The highest BCUT2D eigenvalue weighted by Gasteiger charge is 2.07. The summed E-state index contributed by atoms with van der Waals surface area (Å²) in [6, 6.07) is 11.2. The van der Waals surface area contributed by atoms with Crippen LogP contribution in [-0.2, 0) is 17.9 Å². The van der Waals surface area contributed by atoms with Crippen LogP contribution in [-0.4, -0.2) is 13.0 Å². The lowest BCUT2D eigenvalue weighted by Crippen LogP contribution is -2.22. The lowest BCUT2D eigenvalue weighted by molar-refractivity contribution is 0.0923. The first kappa shape index (κ1) is 12.4. The molecule has 94 valence electrons. The summed E-state index contributed by atoms with van der Waals surface area (Å²) in [5.74, 6) is 0.118. The van der Waals surface area contributed by atoms with E-state index in [4.69, 9.17) is 9.15 Å². The van der Waals surface area contributed by atoms with Crippen LogP contribution in [0.1, 0.15) is 21.7 Å². The molecule has 0 aliphatic heterocycles. The fraction of sp³-hybridized carbons (Fsp3) is 0.214. The van der Waals surface area contributed by atoms with Crippen LogP contribution < -0.4 is 5.32 Å². The molecule has 18 heavy (non-hydrogen) atoms. The Morgan fingerprint density at radius 1 is 1.22 bits per heavy atom. The van der Waals surface area contributed by atoms with Crippen molar-refractivity contribution < 1.29 is 13.9 Å². The number of ether oxygens (including phenoxy) is 1. The lowest BCUT2D eigenvalue weighted by atomic mass is 10.1. The van der Waals surface area contributed by atoms with Gasteiger partial charge in [0.05, 0.1) is 12.9 Å². The molecule has 0 bridgehead atoms. The second kappa shape index (κ2) is 6.02.